The van der Waals surface area contributed by atoms with E-state index in [2.05, 4.69) is 16.3 Å². The zero-order chi connectivity index (χ0) is 13.9. The Bertz CT molecular complexity index is 462. The maximum absolute atomic E-state index is 13.8. The van der Waals surface area contributed by atoms with E-state index in [9.17, 15) is 4.39 Å². The average Bonchev–Trinajstić information content (AvgIpc) is 3.14. The van der Waals surface area contributed by atoms with Crippen LogP contribution < -0.4 is 10.2 Å². The van der Waals surface area contributed by atoms with Crippen LogP contribution in [0.25, 0.3) is 0 Å². The van der Waals surface area contributed by atoms with E-state index < -0.39 is 0 Å². The molecule has 4 heteroatoms. The Hall–Kier alpha value is -1.13. The monoisotopic (exact) mass is 278 g/mol. The van der Waals surface area contributed by atoms with Crippen LogP contribution in [0, 0.1) is 11.7 Å². The molecule has 3 nitrogen and oxygen atoms in total. The number of methoxy groups -OCH3 is 1. The van der Waals surface area contributed by atoms with Crippen LogP contribution in [0.4, 0.5) is 10.1 Å². The Balaban J connectivity index is 1.65. The molecule has 1 saturated heterocycles. The van der Waals surface area contributed by atoms with Crippen molar-refractivity contribution in [1.82, 2.24) is 5.32 Å². The van der Waals surface area contributed by atoms with Gasteiger partial charge in [0.2, 0.25) is 0 Å². The molecule has 110 valence electrons. The number of rotatable bonds is 6. The van der Waals surface area contributed by atoms with E-state index in [1.807, 2.05) is 0 Å². The van der Waals surface area contributed by atoms with Crippen molar-refractivity contribution in [2.45, 2.75) is 31.8 Å². The van der Waals surface area contributed by atoms with E-state index in [1.165, 1.54) is 12.8 Å². The summed E-state index contributed by atoms with van der Waals surface area (Å²) in [5.41, 5.74) is 2.05. The Morgan fingerprint density at radius 1 is 1.30 bits per heavy atom. The van der Waals surface area contributed by atoms with Gasteiger partial charge in [-0.05, 0) is 43.0 Å². The first-order valence-corrected chi connectivity index (χ1v) is 7.51. The first-order chi connectivity index (χ1) is 9.74. The normalized spacial score (nSPS) is 22.5. The van der Waals surface area contributed by atoms with Crippen molar-refractivity contribution < 1.29 is 9.13 Å². The van der Waals surface area contributed by atoms with Gasteiger partial charge in [-0.3, -0.25) is 0 Å². The van der Waals surface area contributed by atoms with E-state index in [0.29, 0.717) is 12.0 Å². The van der Waals surface area contributed by atoms with Gasteiger partial charge in [0.15, 0.2) is 0 Å². The molecular weight excluding hydrogens is 255 g/mol. The first kappa shape index (κ1) is 13.8. The lowest BCUT2D eigenvalue weighted by atomic mass is 10.1. The van der Waals surface area contributed by atoms with Gasteiger partial charge >= 0.3 is 0 Å². The van der Waals surface area contributed by atoms with Gasteiger partial charge in [-0.2, -0.15) is 0 Å². The van der Waals surface area contributed by atoms with Crippen molar-refractivity contribution in [3.05, 3.63) is 29.6 Å². The number of ether oxygens (including phenoxy) is 1. The van der Waals surface area contributed by atoms with Crippen molar-refractivity contribution in [3.63, 3.8) is 0 Å². The van der Waals surface area contributed by atoms with Gasteiger partial charge in [0, 0.05) is 44.4 Å². The third-order valence-corrected chi connectivity index (χ3v) is 4.17. The molecular formula is C16H23FN2O. The lowest BCUT2D eigenvalue weighted by molar-refractivity contribution is 0.161. The van der Waals surface area contributed by atoms with E-state index in [1.54, 1.807) is 19.2 Å². The summed E-state index contributed by atoms with van der Waals surface area (Å²) in [7, 11) is 1.74. The molecule has 1 saturated carbocycles. The summed E-state index contributed by atoms with van der Waals surface area (Å²) in [6.07, 6.45) is 3.64. The molecule has 1 aliphatic heterocycles. The molecule has 1 aromatic rings. The fourth-order valence-corrected chi connectivity index (χ4v) is 2.91. The molecule has 0 aromatic heterocycles. The van der Waals surface area contributed by atoms with Crippen molar-refractivity contribution >= 4 is 5.69 Å². The van der Waals surface area contributed by atoms with Crippen LogP contribution in [0.15, 0.2) is 18.2 Å². The molecule has 0 spiro atoms. The Labute approximate surface area is 120 Å². The highest BCUT2D eigenvalue weighted by atomic mass is 19.1. The van der Waals surface area contributed by atoms with Gasteiger partial charge in [0.1, 0.15) is 5.82 Å². The van der Waals surface area contributed by atoms with E-state index >= 15 is 0 Å². The van der Waals surface area contributed by atoms with E-state index in [-0.39, 0.29) is 5.82 Å². The number of nitrogens with one attached hydrogen (secondary N) is 1. The molecule has 0 bridgehead atoms. The van der Waals surface area contributed by atoms with Crippen LogP contribution in [-0.4, -0.2) is 32.8 Å². The predicted molar refractivity (Wildman–Crippen MR) is 78.5 cm³/mol. The SMILES string of the molecule is COCC1CCN(c2cc(F)cc(CNC3CC3)c2)C1. The van der Waals surface area contributed by atoms with Crippen molar-refractivity contribution in [3.8, 4) is 0 Å². The standard InChI is InChI=1S/C16H23FN2O/c1-20-11-12-4-5-19(10-12)16-7-13(6-14(17)8-16)9-18-15-2-3-15/h6-8,12,15,18H,2-5,9-11H2,1H3. The molecule has 2 aliphatic rings. The zero-order valence-electron chi connectivity index (χ0n) is 12.1. The summed E-state index contributed by atoms with van der Waals surface area (Å²) >= 11 is 0. The summed E-state index contributed by atoms with van der Waals surface area (Å²) < 4.78 is 19.0. The molecule has 3 rings (SSSR count). The number of benzene rings is 1. The van der Waals surface area contributed by atoms with Crippen LogP contribution in [0.2, 0.25) is 0 Å². The predicted octanol–water partition coefficient (Wildman–Crippen LogP) is 2.55. The molecule has 1 atom stereocenters. The molecule has 20 heavy (non-hydrogen) atoms. The maximum Gasteiger partial charge on any atom is 0.125 e. The van der Waals surface area contributed by atoms with Crippen LogP contribution in [0.5, 0.6) is 0 Å². The molecule has 1 aliphatic carbocycles. The minimum absolute atomic E-state index is 0.134. The largest absolute Gasteiger partial charge is 0.384 e. The highest BCUT2D eigenvalue weighted by molar-refractivity contribution is 5.50. The molecule has 1 heterocycles. The summed E-state index contributed by atoms with van der Waals surface area (Å²) in [4.78, 5) is 2.27. The summed E-state index contributed by atoms with van der Waals surface area (Å²) in [5.74, 6) is 0.432. The fraction of sp³-hybridized carbons (Fsp3) is 0.625. The molecule has 2 fully saturated rings. The fourth-order valence-electron chi connectivity index (χ4n) is 2.91. The maximum atomic E-state index is 13.8. The average molecular weight is 278 g/mol. The lowest BCUT2D eigenvalue weighted by Crippen LogP contribution is -2.22. The van der Waals surface area contributed by atoms with E-state index in [4.69, 9.17) is 4.74 Å². The van der Waals surface area contributed by atoms with Crippen molar-refractivity contribution in [2.75, 3.05) is 31.7 Å². The van der Waals surface area contributed by atoms with Crippen LogP contribution >= 0.6 is 0 Å². The smallest absolute Gasteiger partial charge is 0.125 e. The minimum Gasteiger partial charge on any atom is -0.384 e. The number of nitrogens with zero attached hydrogens (tertiary/aromatic N) is 1. The molecule has 1 aromatic carbocycles. The second-order valence-corrected chi connectivity index (χ2v) is 6.03. The van der Waals surface area contributed by atoms with Crippen LogP contribution in [0.3, 0.4) is 0 Å². The van der Waals surface area contributed by atoms with E-state index in [0.717, 1.165) is 43.9 Å². The second-order valence-electron chi connectivity index (χ2n) is 6.03. The number of hydrogen-bond acceptors (Lipinski definition) is 3. The third-order valence-electron chi connectivity index (χ3n) is 4.17. The van der Waals surface area contributed by atoms with Gasteiger partial charge in [0.25, 0.3) is 0 Å². The summed E-state index contributed by atoms with van der Waals surface area (Å²) in [5, 5.41) is 3.44. The molecule has 1 N–H and O–H groups in total. The second kappa shape index (κ2) is 6.10. The molecule has 1 unspecified atom stereocenters. The topological polar surface area (TPSA) is 24.5 Å². The van der Waals surface area contributed by atoms with Gasteiger partial charge in [-0.1, -0.05) is 0 Å². The highest BCUT2D eigenvalue weighted by Crippen LogP contribution is 2.26. The minimum atomic E-state index is -0.134. The zero-order valence-corrected chi connectivity index (χ0v) is 12.1. The number of halogens is 1. The molecule has 0 radical (unpaired) electrons. The summed E-state index contributed by atoms with van der Waals surface area (Å²) in [6, 6.07) is 6.06. The van der Waals surface area contributed by atoms with Crippen molar-refractivity contribution in [2.24, 2.45) is 5.92 Å². The van der Waals surface area contributed by atoms with Gasteiger partial charge in [0.05, 0.1) is 6.61 Å². The van der Waals surface area contributed by atoms with Gasteiger partial charge in [-0.25, -0.2) is 4.39 Å². The Morgan fingerprint density at radius 3 is 2.90 bits per heavy atom. The molecule has 0 amide bonds. The Kier molecular flexibility index (Phi) is 4.22. The Morgan fingerprint density at radius 2 is 2.15 bits per heavy atom. The highest BCUT2D eigenvalue weighted by Gasteiger charge is 2.24. The summed E-state index contributed by atoms with van der Waals surface area (Å²) in [6.45, 7) is 3.52. The van der Waals surface area contributed by atoms with Crippen LogP contribution in [-0.2, 0) is 11.3 Å². The number of anilines is 1. The first-order valence-electron chi connectivity index (χ1n) is 7.51. The third kappa shape index (κ3) is 3.49. The quantitative estimate of drug-likeness (QED) is 0.865. The lowest BCUT2D eigenvalue weighted by Gasteiger charge is -2.20. The number of hydrogen-bond donors (Lipinski definition) is 1. The van der Waals surface area contributed by atoms with Crippen molar-refractivity contribution in [1.29, 1.82) is 0 Å². The van der Waals surface area contributed by atoms with Gasteiger partial charge in [-0.15, -0.1) is 0 Å². The van der Waals surface area contributed by atoms with Crippen LogP contribution in [0.1, 0.15) is 24.8 Å². The van der Waals surface area contributed by atoms with Gasteiger partial charge < -0.3 is 15.0 Å².